The monoisotopic (exact) mass is 346 g/mol. The predicted molar refractivity (Wildman–Crippen MR) is 94.1 cm³/mol. The van der Waals surface area contributed by atoms with Gasteiger partial charge in [0.2, 0.25) is 0 Å². The van der Waals surface area contributed by atoms with Crippen molar-refractivity contribution in [2.45, 2.75) is 18.4 Å². The van der Waals surface area contributed by atoms with Crippen LogP contribution in [0.5, 0.6) is 11.5 Å². The fourth-order valence-electron chi connectivity index (χ4n) is 2.69. The highest BCUT2D eigenvalue weighted by Crippen LogP contribution is 2.47. The van der Waals surface area contributed by atoms with Crippen molar-refractivity contribution in [3.63, 3.8) is 0 Å². The van der Waals surface area contributed by atoms with E-state index in [1.54, 1.807) is 38.5 Å². The fraction of sp³-hybridized carbons (Fsp3) is 0.278. The number of urea groups is 1. The second-order valence-corrected chi connectivity index (χ2v) is 6.18. The Kier molecular flexibility index (Phi) is 4.53. The second kappa shape index (κ2) is 6.61. The van der Waals surface area contributed by atoms with Gasteiger partial charge in [0, 0.05) is 10.7 Å². The zero-order valence-electron chi connectivity index (χ0n) is 13.6. The Balaban J connectivity index is 1.73. The molecule has 2 N–H and O–H groups in total. The van der Waals surface area contributed by atoms with Crippen LogP contribution in [0.1, 0.15) is 18.4 Å². The summed E-state index contributed by atoms with van der Waals surface area (Å²) in [6.45, 7) is 0. The van der Waals surface area contributed by atoms with E-state index in [1.165, 1.54) is 0 Å². The Bertz CT molecular complexity index is 760. The Morgan fingerprint density at radius 1 is 1.08 bits per heavy atom. The van der Waals surface area contributed by atoms with E-state index in [1.807, 2.05) is 18.2 Å². The molecule has 0 unspecified atom stereocenters. The van der Waals surface area contributed by atoms with E-state index in [9.17, 15) is 4.79 Å². The highest BCUT2D eigenvalue weighted by Gasteiger charge is 2.46. The van der Waals surface area contributed by atoms with Crippen molar-refractivity contribution in [1.29, 1.82) is 0 Å². The van der Waals surface area contributed by atoms with E-state index < -0.39 is 0 Å². The summed E-state index contributed by atoms with van der Waals surface area (Å²) in [7, 11) is 3.20. The topological polar surface area (TPSA) is 59.6 Å². The number of nitrogens with one attached hydrogen (secondary N) is 2. The lowest BCUT2D eigenvalue weighted by Crippen LogP contribution is -2.38. The number of ether oxygens (including phenoxy) is 2. The fourth-order valence-corrected chi connectivity index (χ4v) is 2.88. The first-order chi connectivity index (χ1) is 11.6. The third-order valence-corrected chi connectivity index (χ3v) is 4.36. The molecule has 0 atom stereocenters. The Morgan fingerprint density at radius 3 is 2.46 bits per heavy atom. The first-order valence-electron chi connectivity index (χ1n) is 7.63. The average Bonchev–Trinajstić information content (AvgIpc) is 3.34. The van der Waals surface area contributed by atoms with Gasteiger partial charge in [-0.2, -0.15) is 0 Å². The van der Waals surface area contributed by atoms with Gasteiger partial charge in [0.15, 0.2) is 11.5 Å². The number of halogens is 1. The van der Waals surface area contributed by atoms with Gasteiger partial charge in [0.25, 0.3) is 0 Å². The molecule has 1 saturated carbocycles. The summed E-state index contributed by atoms with van der Waals surface area (Å²) in [5.41, 5.74) is 1.30. The molecule has 24 heavy (non-hydrogen) atoms. The lowest BCUT2D eigenvalue weighted by molar-refractivity contribution is 0.247. The van der Waals surface area contributed by atoms with Crippen LogP contribution in [0.25, 0.3) is 0 Å². The van der Waals surface area contributed by atoms with Crippen LogP contribution in [-0.4, -0.2) is 20.3 Å². The molecule has 0 spiro atoms. The number of carbonyl (C=O) groups excluding carboxylic acids is 1. The van der Waals surface area contributed by atoms with Gasteiger partial charge in [0.05, 0.1) is 19.8 Å². The second-order valence-electron chi connectivity index (χ2n) is 5.74. The van der Waals surface area contributed by atoms with Gasteiger partial charge >= 0.3 is 6.03 Å². The molecule has 0 aliphatic heterocycles. The average molecular weight is 347 g/mol. The molecule has 5 nitrogen and oxygen atoms in total. The van der Waals surface area contributed by atoms with Crippen molar-refractivity contribution in [3.05, 3.63) is 53.1 Å². The van der Waals surface area contributed by atoms with Gasteiger partial charge in [-0.05, 0) is 48.7 Å². The molecular weight excluding hydrogens is 328 g/mol. The molecule has 2 aromatic carbocycles. The van der Waals surface area contributed by atoms with Crippen LogP contribution in [0.15, 0.2) is 42.5 Å². The third-order valence-electron chi connectivity index (χ3n) is 4.12. The number of carbonyl (C=O) groups is 1. The minimum Gasteiger partial charge on any atom is -0.493 e. The molecule has 0 radical (unpaired) electrons. The quantitative estimate of drug-likeness (QED) is 0.854. The van der Waals surface area contributed by atoms with Gasteiger partial charge < -0.3 is 20.1 Å². The van der Waals surface area contributed by atoms with Crippen molar-refractivity contribution in [2.75, 3.05) is 19.5 Å². The van der Waals surface area contributed by atoms with E-state index in [0.29, 0.717) is 22.2 Å². The van der Waals surface area contributed by atoms with E-state index in [0.717, 1.165) is 18.4 Å². The van der Waals surface area contributed by atoms with Crippen molar-refractivity contribution in [3.8, 4) is 11.5 Å². The lowest BCUT2D eigenvalue weighted by Gasteiger charge is -2.20. The third kappa shape index (κ3) is 3.41. The summed E-state index contributed by atoms with van der Waals surface area (Å²) in [6.07, 6.45) is 1.76. The summed E-state index contributed by atoms with van der Waals surface area (Å²) in [4.78, 5) is 12.3. The van der Waals surface area contributed by atoms with E-state index in [4.69, 9.17) is 21.1 Å². The van der Waals surface area contributed by atoms with E-state index in [2.05, 4.69) is 10.6 Å². The summed E-state index contributed by atoms with van der Waals surface area (Å²) < 4.78 is 10.6. The van der Waals surface area contributed by atoms with Gasteiger partial charge in [-0.3, -0.25) is 0 Å². The normalized spacial score (nSPS) is 14.6. The largest absolute Gasteiger partial charge is 0.493 e. The maximum Gasteiger partial charge on any atom is 0.319 e. The van der Waals surface area contributed by atoms with Gasteiger partial charge in [0.1, 0.15) is 0 Å². The molecule has 2 aromatic rings. The van der Waals surface area contributed by atoms with Crippen molar-refractivity contribution in [2.24, 2.45) is 0 Å². The van der Waals surface area contributed by atoms with Gasteiger partial charge in [-0.15, -0.1) is 0 Å². The Hall–Kier alpha value is -2.40. The molecule has 1 fully saturated rings. The van der Waals surface area contributed by atoms with Crippen molar-refractivity contribution in [1.82, 2.24) is 5.32 Å². The molecule has 126 valence electrons. The molecule has 2 amide bonds. The molecule has 6 heteroatoms. The molecule has 0 heterocycles. The Morgan fingerprint density at radius 2 is 1.83 bits per heavy atom. The molecule has 0 bridgehead atoms. The van der Waals surface area contributed by atoms with Crippen molar-refractivity contribution < 1.29 is 14.3 Å². The minimum absolute atomic E-state index is 0.260. The van der Waals surface area contributed by atoms with Crippen LogP contribution in [0, 0.1) is 0 Å². The lowest BCUT2D eigenvalue weighted by atomic mass is 10.0. The number of benzene rings is 2. The molecule has 1 aliphatic carbocycles. The van der Waals surface area contributed by atoms with Crippen LogP contribution in [0.3, 0.4) is 0 Å². The molecule has 0 saturated heterocycles. The highest BCUT2D eigenvalue weighted by molar-refractivity contribution is 6.30. The number of rotatable bonds is 5. The zero-order valence-corrected chi connectivity index (χ0v) is 14.3. The summed E-state index contributed by atoms with van der Waals surface area (Å²) in [5.74, 6) is 1.32. The Labute approximate surface area is 145 Å². The maximum atomic E-state index is 12.3. The molecule has 1 aliphatic rings. The zero-order chi connectivity index (χ0) is 17.2. The predicted octanol–water partition coefficient (Wildman–Crippen LogP) is 4.17. The molecular formula is C18H19ClN2O3. The number of hydrogen-bond acceptors (Lipinski definition) is 3. The summed E-state index contributed by atoms with van der Waals surface area (Å²) >= 11 is 5.93. The van der Waals surface area contributed by atoms with Crippen LogP contribution < -0.4 is 20.1 Å². The van der Waals surface area contributed by atoms with E-state index >= 15 is 0 Å². The van der Waals surface area contributed by atoms with Crippen LogP contribution in [0.2, 0.25) is 5.02 Å². The SMILES string of the molecule is COc1ccc(C2(NC(=O)Nc3cccc(Cl)c3)CC2)cc1OC. The van der Waals surface area contributed by atoms with Gasteiger partial charge in [-0.1, -0.05) is 23.7 Å². The molecule has 0 aromatic heterocycles. The maximum absolute atomic E-state index is 12.3. The van der Waals surface area contributed by atoms with Crippen molar-refractivity contribution >= 4 is 23.3 Å². The minimum atomic E-state index is -0.359. The molecule has 3 rings (SSSR count). The van der Waals surface area contributed by atoms with E-state index in [-0.39, 0.29) is 11.6 Å². The smallest absolute Gasteiger partial charge is 0.319 e. The number of amides is 2. The number of methoxy groups -OCH3 is 2. The summed E-state index contributed by atoms with van der Waals surface area (Å²) in [6, 6.07) is 12.5. The first kappa shape index (κ1) is 16.5. The van der Waals surface area contributed by atoms with Crippen LogP contribution >= 0.6 is 11.6 Å². The number of hydrogen-bond donors (Lipinski definition) is 2. The van der Waals surface area contributed by atoms with Crippen LogP contribution in [0.4, 0.5) is 10.5 Å². The van der Waals surface area contributed by atoms with Crippen LogP contribution in [-0.2, 0) is 5.54 Å². The first-order valence-corrected chi connectivity index (χ1v) is 8.01. The summed E-state index contributed by atoms with van der Waals surface area (Å²) in [5, 5.41) is 6.44. The number of anilines is 1. The standard InChI is InChI=1S/C18H19ClN2O3/c1-23-15-7-6-12(10-16(15)24-2)18(8-9-18)21-17(22)20-14-5-3-4-13(19)11-14/h3-7,10-11H,8-9H2,1-2H3,(H2,20,21,22). The van der Waals surface area contributed by atoms with Gasteiger partial charge in [-0.25, -0.2) is 4.79 Å². The highest BCUT2D eigenvalue weighted by atomic mass is 35.5.